The second kappa shape index (κ2) is 5.05. The van der Waals surface area contributed by atoms with Crippen LogP contribution < -0.4 is 16.6 Å². The molecule has 7 heteroatoms. The average Bonchev–Trinajstić information content (AvgIpc) is 2.41. The summed E-state index contributed by atoms with van der Waals surface area (Å²) >= 11 is 0. The number of halogens is 1. The van der Waals surface area contributed by atoms with Crippen LogP contribution in [0.15, 0.2) is 34.1 Å². The second-order valence-electron chi connectivity index (χ2n) is 4.14. The molecule has 0 bridgehead atoms. The summed E-state index contributed by atoms with van der Waals surface area (Å²) in [6, 6.07) is 2.75. The van der Waals surface area contributed by atoms with Gasteiger partial charge in [0, 0.05) is 26.8 Å². The Balaban J connectivity index is 2.23. The number of aryl methyl sites for hydroxylation is 1. The highest BCUT2D eigenvalue weighted by Gasteiger charge is 2.06. The van der Waals surface area contributed by atoms with E-state index in [2.05, 4.69) is 10.3 Å². The number of aromatic nitrogens is 3. The first-order chi connectivity index (χ1) is 8.99. The van der Waals surface area contributed by atoms with Gasteiger partial charge in [-0.05, 0) is 12.1 Å². The molecule has 0 atom stereocenters. The summed E-state index contributed by atoms with van der Waals surface area (Å²) in [5, 5.41) is 2.95. The lowest BCUT2D eigenvalue weighted by atomic mass is 10.3. The standard InChI is InChI=1S/C12H13FN4O2/c1-16-7-8(11(18)17(2)12(16)19)5-14-9-3-4-10(13)15-6-9/h3-4,6-7,14H,5H2,1-2H3. The minimum atomic E-state index is -0.566. The summed E-state index contributed by atoms with van der Waals surface area (Å²) in [4.78, 5) is 26.9. The Bertz CT molecular complexity index is 703. The van der Waals surface area contributed by atoms with Gasteiger partial charge in [0.15, 0.2) is 0 Å². The van der Waals surface area contributed by atoms with Crippen molar-refractivity contribution in [1.29, 1.82) is 0 Å². The van der Waals surface area contributed by atoms with Crippen molar-refractivity contribution in [2.24, 2.45) is 14.1 Å². The Hall–Kier alpha value is -2.44. The van der Waals surface area contributed by atoms with Crippen LogP contribution in [0.3, 0.4) is 0 Å². The van der Waals surface area contributed by atoms with E-state index in [1.807, 2.05) is 0 Å². The zero-order valence-electron chi connectivity index (χ0n) is 10.6. The summed E-state index contributed by atoms with van der Waals surface area (Å²) in [7, 11) is 3.00. The van der Waals surface area contributed by atoms with Crippen molar-refractivity contribution >= 4 is 5.69 Å². The zero-order valence-corrected chi connectivity index (χ0v) is 10.6. The summed E-state index contributed by atoms with van der Waals surface area (Å²) in [6.07, 6.45) is 2.82. The van der Waals surface area contributed by atoms with Crippen molar-refractivity contribution in [1.82, 2.24) is 14.1 Å². The van der Waals surface area contributed by atoms with Crippen LogP contribution in [0.5, 0.6) is 0 Å². The number of nitrogens with zero attached hydrogens (tertiary/aromatic N) is 3. The Kier molecular flexibility index (Phi) is 3.46. The third-order valence-electron chi connectivity index (χ3n) is 2.73. The van der Waals surface area contributed by atoms with E-state index in [1.165, 1.54) is 36.1 Å². The van der Waals surface area contributed by atoms with Gasteiger partial charge in [-0.1, -0.05) is 0 Å². The van der Waals surface area contributed by atoms with Crippen LogP contribution >= 0.6 is 0 Å². The molecule has 0 saturated carbocycles. The molecule has 100 valence electrons. The lowest BCUT2D eigenvalue weighted by Gasteiger charge is -2.08. The lowest BCUT2D eigenvalue weighted by molar-refractivity contribution is 0.584. The van der Waals surface area contributed by atoms with Gasteiger partial charge in [0.1, 0.15) is 0 Å². The van der Waals surface area contributed by atoms with Crippen molar-refractivity contribution in [2.75, 3.05) is 5.32 Å². The number of anilines is 1. The largest absolute Gasteiger partial charge is 0.379 e. The SMILES string of the molecule is Cn1cc(CNc2ccc(F)nc2)c(=O)n(C)c1=O. The van der Waals surface area contributed by atoms with E-state index in [4.69, 9.17) is 0 Å². The maximum Gasteiger partial charge on any atom is 0.330 e. The number of pyridine rings is 1. The maximum atomic E-state index is 12.6. The second-order valence-corrected chi connectivity index (χ2v) is 4.14. The van der Waals surface area contributed by atoms with E-state index in [0.29, 0.717) is 11.3 Å². The molecule has 0 spiro atoms. The first-order valence-corrected chi connectivity index (χ1v) is 5.60. The number of hydrogen-bond donors (Lipinski definition) is 1. The highest BCUT2D eigenvalue weighted by atomic mass is 19.1. The topological polar surface area (TPSA) is 68.9 Å². The molecule has 0 aromatic carbocycles. The monoisotopic (exact) mass is 264 g/mol. The molecule has 0 radical (unpaired) electrons. The van der Waals surface area contributed by atoms with Crippen molar-refractivity contribution in [3.8, 4) is 0 Å². The molecule has 0 saturated heterocycles. The van der Waals surface area contributed by atoms with Gasteiger partial charge < -0.3 is 9.88 Å². The summed E-state index contributed by atoms with van der Waals surface area (Å²) in [5.41, 5.74) is 0.300. The molecule has 1 N–H and O–H groups in total. The van der Waals surface area contributed by atoms with Gasteiger partial charge in [-0.25, -0.2) is 9.78 Å². The van der Waals surface area contributed by atoms with Crippen LogP contribution in [-0.4, -0.2) is 14.1 Å². The van der Waals surface area contributed by atoms with Crippen molar-refractivity contribution in [2.45, 2.75) is 6.54 Å². The minimum absolute atomic E-state index is 0.230. The van der Waals surface area contributed by atoms with E-state index in [9.17, 15) is 14.0 Å². The van der Waals surface area contributed by atoms with E-state index in [-0.39, 0.29) is 17.8 Å². The Morgan fingerprint density at radius 1 is 1.32 bits per heavy atom. The fraction of sp³-hybridized carbons (Fsp3) is 0.250. The zero-order chi connectivity index (χ0) is 14.0. The fourth-order valence-corrected chi connectivity index (χ4v) is 1.68. The first-order valence-electron chi connectivity index (χ1n) is 5.60. The molecule has 0 unspecified atom stereocenters. The Morgan fingerprint density at radius 2 is 2.05 bits per heavy atom. The molecule has 0 amide bonds. The van der Waals surface area contributed by atoms with E-state index < -0.39 is 5.95 Å². The van der Waals surface area contributed by atoms with Gasteiger partial charge in [0.05, 0.1) is 17.4 Å². The van der Waals surface area contributed by atoms with Crippen molar-refractivity contribution in [3.63, 3.8) is 0 Å². The molecule has 2 rings (SSSR count). The van der Waals surface area contributed by atoms with Gasteiger partial charge in [0.2, 0.25) is 5.95 Å². The molecule has 0 aliphatic carbocycles. The van der Waals surface area contributed by atoms with Gasteiger partial charge in [-0.3, -0.25) is 9.36 Å². The van der Waals surface area contributed by atoms with Crippen molar-refractivity contribution < 1.29 is 4.39 Å². The Morgan fingerprint density at radius 3 is 2.68 bits per heavy atom. The molecule has 6 nitrogen and oxygen atoms in total. The summed E-state index contributed by atoms with van der Waals surface area (Å²) < 4.78 is 15.0. The van der Waals surface area contributed by atoms with Gasteiger partial charge >= 0.3 is 5.69 Å². The van der Waals surface area contributed by atoms with Crippen molar-refractivity contribution in [3.05, 3.63) is 56.9 Å². The highest BCUT2D eigenvalue weighted by molar-refractivity contribution is 5.40. The first kappa shape index (κ1) is 13.0. The highest BCUT2D eigenvalue weighted by Crippen LogP contribution is 2.06. The number of hydrogen-bond acceptors (Lipinski definition) is 4. The third-order valence-corrected chi connectivity index (χ3v) is 2.73. The molecular formula is C12H13FN4O2. The third kappa shape index (κ3) is 2.70. The van der Waals surface area contributed by atoms with Gasteiger partial charge in [0.25, 0.3) is 5.56 Å². The van der Waals surface area contributed by atoms with Crippen LogP contribution in [0.2, 0.25) is 0 Å². The molecular weight excluding hydrogens is 251 g/mol. The van der Waals surface area contributed by atoms with Crippen LogP contribution in [0.25, 0.3) is 0 Å². The smallest absolute Gasteiger partial charge is 0.330 e. The molecule has 19 heavy (non-hydrogen) atoms. The lowest BCUT2D eigenvalue weighted by Crippen LogP contribution is -2.38. The van der Waals surface area contributed by atoms with E-state index in [1.54, 1.807) is 7.05 Å². The van der Waals surface area contributed by atoms with E-state index in [0.717, 1.165) is 4.57 Å². The number of nitrogens with one attached hydrogen (secondary N) is 1. The molecule has 2 heterocycles. The molecule has 2 aromatic rings. The number of rotatable bonds is 3. The molecule has 0 aliphatic rings. The van der Waals surface area contributed by atoms with Gasteiger partial charge in [-0.15, -0.1) is 0 Å². The van der Waals surface area contributed by atoms with Crippen LogP contribution in [0.1, 0.15) is 5.56 Å². The van der Waals surface area contributed by atoms with Crippen LogP contribution in [0, 0.1) is 5.95 Å². The normalized spacial score (nSPS) is 10.5. The predicted octanol–water partition coefficient (Wildman–Crippen LogP) is 0.230. The average molecular weight is 264 g/mol. The minimum Gasteiger partial charge on any atom is -0.379 e. The Labute approximate surface area is 108 Å². The quantitative estimate of drug-likeness (QED) is 0.806. The van der Waals surface area contributed by atoms with Crippen LogP contribution in [-0.2, 0) is 20.6 Å². The summed E-state index contributed by atoms with van der Waals surface area (Å²) in [5.74, 6) is -0.566. The van der Waals surface area contributed by atoms with Gasteiger partial charge in [-0.2, -0.15) is 4.39 Å². The molecule has 2 aromatic heterocycles. The van der Waals surface area contributed by atoms with Crippen LogP contribution in [0.4, 0.5) is 10.1 Å². The predicted molar refractivity (Wildman–Crippen MR) is 68.4 cm³/mol. The van der Waals surface area contributed by atoms with E-state index >= 15 is 0 Å². The summed E-state index contributed by atoms with van der Waals surface area (Å²) in [6.45, 7) is 0.230. The fourth-order valence-electron chi connectivity index (χ4n) is 1.68. The maximum absolute atomic E-state index is 12.6. The molecule has 0 fully saturated rings. The molecule has 0 aliphatic heterocycles.